The van der Waals surface area contributed by atoms with Gasteiger partial charge in [-0.15, -0.1) is 0 Å². The van der Waals surface area contributed by atoms with Crippen LogP contribution in [0, 0.1) is 17.0 Å². The maximum atomic E-state index is 11.3. The molecule has 11 nitrogen and oxygen atoms in total. The first kappa shape index (κ1) is 23.1. The average molecular weight is 456 g/mol. The molecule has 0 aliphatic heterocycles. The van der Waals surface area contributed by atoms with Crippen molar-refractivity contribution in [1.29, 1.82) is 0 Å². The monoisotopic (exact) mass is 456 g/mol. The minimum absolute atomic E-state index is 0.0399. The van der Waals surface area contributed by atoms with Crippen LogP contribution in [0.15, 0.2) is 42.5 Å². The van der Waals surface area contributed by atoms with Crippen LogP contribution in [0.5, 0.6) is 0 Å². The summed E-state index contributed by atoms with van der Waals surface area (Å²) >= 11 is -4.83. The van der Waals surface area contributed by atoms with E-state index in [-0.39, 0.29) is 21.5 Å². The molecule has 0 aromatic heterocycles. The van der Waals surface area contributed by atoms with Crippen LogP contribution in [-0.2, 0) is 12.4 Å². The Hall–Kier alpha value is -2.98. The largest absolute Gasteiger partial charge is 0.477 e. The van der Waals surface area contributed by atoms with Crippen LogP contribution in [0.2, 0.25) is 0 Å². The Balaban J connectivity index is 0.000000283. The Morgan fingerprint density at radius 3 is 2.36 bits per heavy atom. The standard InChI is InChI=1S/C8H10AsNO5.C8H7NO4/c1-6(11)10-8-4-2-3-7(5-8)9(12,13)15-14;1-5-2-3-6(8(10)11)7(4-5)9(12)13/h2-5,14H,1H3,(H,10,11)(H,12,13);2-4H,1H3,(H,10,11). The number of anilines is 1. The number of carboxylic acid groups (broad SMARTS) is 1. The van der Waals surface area contributed by atoms with Crippen molar-refractivity contribution in [2.24, 2.45) is 0 Å². The molecule has 2 rings (SSSR count). The molecule has 1 amide bonds. The Morgan fingerprint density at radius 1 is 1.21 bits per heavy atom. The van der Waals surface area contributed by atoms with Crippen LogP contribution in [0.1, 0.15) is 22.8 Å². The molecule has 2 aromatic rings. The molecular formula is C16H17AsN2O9. The molecule has 0 radical (unpaired) electrons. The molecule has 4 N–H and O–H groups in total. The average Bonchev–Trinajstić information content (AvgIpc) is 2.61. The van der Waals surface area contributed by atoms with Crippen molar-refractivity contribution in [2.45, 2.75) is 13.8 Å². The molecule has 28 heavy (non-hydrogen) atoms. The van der Waals surface area contributed by atoms with Gasteiger partial charge >= 0.3 is 94.4 Å². The maximum absolute atomic E-state index is 11.3. The summed E-state index contributed by atoms with van der Waals surface area (Å²) in [6.07, 6.45) is 0. The molecular weight excluding hydrogens is 439 g/mol. The summed E-state index contributed by atoms with van der Waals surface area (Å²) in [5, 5.41) is 29.7. The quantitative estimate of drug-likeness (QED) is 0.224. The number of hydrogen-bond acceptors (Lipinski definition) is 7. The molecule has 0 aliphatic rings. The zero-order valence-electron chi connectivity index (χ0n) is 14.7. The first-order chi connectivity index (χ1) is 13.0. The molecule has 12 heteroatoms. The molecule has 0 spiro atoms. The van der Waals surface area contributed by atoms with Crippen LogP contribution in [0.25, 0.3) is 0 Å². The third-order valence-corrected chi connectivity index (χ3v) is 5.60. The minimum Gasteiger partial charge on any atom is -0.477 e. The number of rotatable bonds is 5. The molecule has 0 aliphatic carbocycles. The number of nitro benzene ring substituents is 1. The van der Waals surface area contributed by atoms with Gasteiger partial charge in [0, 0.05) is 6.07 Å². The Kier molecular flexibility index (Phi) is 8.08. The summed E-state index contributed by atoms with van der Waals surface area (Å²) < 4.78 is 23.9. The number of amides is 1. The smallest absolute Gasteiger partial charge is 0.342 e. The predicted octanol–water partition coefficient (Wildman–Crippen LogP) is 1.30. The van der Waals surface area contributed by atoms with Gasteiger partial charge in [0.1, 0.15) is 5.56 Å². The van der Waals surface area contributed by atoms with Crippen LogP contribution in [-0.4, -0.2) is 45.4 Å². The van der Waals surface area contributed by atoms with Gasteiger partial charge in [-0.1, -0.05) is 6.07 Å². The maximum Gasteiger partial charge on any atom is 0.342 e. The molecule has 0 saturated carbocycles. The summed E-state index contributed by atoms with van der Waals surface area (Å²) in [5.41, 5.74) is 0.382. The summed E-state index contributed by atoms with van der Waals surface area (Å²) in [4.78, 5) is 31.0. The molecule has 2 aromatic carbocycles. The van der Waals surface area contributed by atoms with E-state index in [1.54, 1.807) is 13.0 Å². The van der Waals surface area contributed by atoms with Gasteiger partial charge in [-0.25, -0.2) is 4.79 Å². The fourth-order valence-electron chi connectivity index (χ4n) is 1.98. The molecule has 150 valence electrons. The van der Waals surface area contributed by atoms with Gasteiger partial charge in [0.25, 0.3) is 5.69 Å². The number of nitrogens with zero attached hydrogens (tertiary/aromatic N) is 1. The number of carbonyl (C=O) groups is 2. The minimum atomic E-state index is -4.83. The number of benzene rings is 2. The third-order valence-electron chi connectivity index (χ3n) is 3.18. The van der Waals surface area contributed by atoms with E-state index < -0.39 is 25.1 Å². The van der Waals surface area contributed by atoms with E-state index in [4.69, 9.17) is 10.4 Å². The number of nitro groups is 1. The van der Waals surface area contributed by atoms with Crippen molar-refractivity contribution in [1.82, 2.24) is 0 Å². The number of nitrogens with one attached hydrogen (secondary N) is 1. The van der Waals surface area contributed by atoms with Gasteiger partial charge in [0.2, 0.25) is 0 Å². The van der Waals surface area contributed by atoms with E-state index in [2.05, 4.69) is 9.19 Å². The Bertz CT molecular complexity index is 945. The van der Waals surface area contributed by atoms with Crippen LogP contribution in [0.3, 0.4) is 0 Å². The van der Waals surface area contributed by atoms with Gasteiger partial charge in [0.05, 0.1) is 4.92 Å². The second kappa shape index (κ2) is 9.81. The van der Waals surface area contributed by atoms with Gasteiger partial charge in [-0.3, -0.25) is 10.1 Å². The first-order valence-corrected chi connectivity index (χ1v) is 10.8. The van der Waals surface area contributed by atoms with E-state index in [1.165, 1.54) is 43.3 Å². The molecule has 0 bridgehead atoms. The van der Waals surface area contributed by atoms with Gasteiger partial charge in [-0.05, 0) is 18.6 Å². The summed E-state index contributed by atoms with van der Waals surface area (Å²) in [7, 11) is 0. The third kappa shape index (κ3) is 6.63. The van der Waals surface area contributed by atoms with Crippen molar-refractivity contribution in [3.63, 3.8) is 0 Å². The van der Waals surface area contributed by atoms with E-state index in [9.17, 15) is 27.5 Å². The fraction of sp³-hybridized carbons (Fsp3) is 0.125. The van der Waals surface area contributed by atoms with Crippen LogP contribution in [0.4, 0.5) is 11.4 Å². The van der Waals surface area contributed by atoms with Crippen LogP contribution >= 0.6 is 0 Å². The van der Waals surface area contributed by atoms with Crippen molar-refractivity contribution >= 4 is 41.8 Å². The number of hydrogen-bond donors (Lipinski definition) is 4. The molecule has 1 unspecified atom stereocenters. The number of aryl methyl sites for hydroxylation is 1. The van der Waals surface area contributed by atoms with Gasteiger partial charge in [-0.2, -0.15) is 0 Å². The number of carbonyl (C=O) groups excluding carboxylic acids is 1. The fourth-order valence-corrected chi connectivity index (χ4v) is 3.39. The second-order valence-electron chi connectivity index (χ2n) is 5.42. The summed E-state index contributed by atoms with van der Waals surface area (Å²) in [6.45, 7) is 2.98. The summed E-state index contributed by atoms with van der Waals surface area (Å²) in [5.74, 6) is -1.58. The molecule has 0 fully saturated rings. The van der Waals surface area contributed by atoms with E-state index >= 15 is 0 Å². The molecule has 1 atom stereocenters. The van der Waals surface area contributed by atoms with Crippen molar-refractivity contribution in [3.8, 4) is 0 Å². The molecule has 0 heterocycles. The predicted molar refractivity (Wildman–Crippen MR) is 97.5 cm³/mol. The SMILES string of the molecule is CC(=O)Nc1cccc([As](=O)(O)OO)c1.Cc1ccc(C(=O)O)c([N+](=O)[O-])c1. The Labute approximate surface area is 161 Å². The van der Waals surface area contributed by atoms with Crippen molar-refractivity contribution in [2.75, 3.05) is 5.32 Å². The number of aromatic carboxylic acids is 1. The van der Waals surface area contributed by atoms with Gasteiger partial charge < -0.3 is 5.11 Å². The van der Waals surface area contributed by atoms with Crippen LogP contribution < -0.4 is 9.67 Å². The normalized spacial score (nSPS) is 12.1. The van der Waals surface area contributed by atoms with E-state index in [0.717, 1.165) is 0 Å². The van der Waals surface area contributed by atoms with E-state index in [0.29, 0.717) is 11.3 Å². The van der Waals surface area contributed by atoms with Crippen molar-refractivity contribution < 1.29 is 36.6 Å². The van der Waals surface area contributed by atoms with Crippen molar-refractivity contribution in [3.05, 3.63) is 63.7 Å². The first-order valence-electron chi connectivity index (χ1n) is 7.50. The zero-order chi connectivity index (χ0) is 21.5. The number of carboxylic acids is 1. The topological polar surface area (TPSA) is 176 Å². The second-order valence-corrected chi connectivity index (χ2v) is 9.03. The van der Waals surface area contributed by atoms with Gasteiger partial charge in [0.15, 0.2) is 0 Å². The summed E-state index contributed by atoms with van der Waals surface area (Å²) in [6, 6.07) is 9.64. The molecule has 0 saturated heterocycles. The van der Waals surface area contributed by atoms with E-state index in [1.807, 2.05) is 0 Å². The zero-order valence-corrected chi connectivity index (χ0v) is 16.6. The Morgan fingerprint density at radius 2 is 1.86 bits per heavy atom.